The van der Waals surface area contributed by atoms with Crippen LogP contribution >= 0.6 is 15.9 Å². The van der Waals surface area contributed by atoms with Crippen molar-refractivity contribution in [3.05, 3.63) is 10.1 Å². The topological polar surface area (TPSA) is 43.1 Å². The van der Waals surface area contributed by atoms with Gasteiger partial charge in [0.25, 0.3) is 0 Å². The third kappa shape index (κ3) is 3.15. The first-order valence-corrected chi connectivity index (χ1v) is 4.33. The van der Waals surface area contributed by atoms with Gasteiger partial charge in [0.15, 0.2) is 0 Å². The van der Waals surface area contributed by atoms with Crippen LogP contribution in [-0.4, -0.2) is 15.8 Å². The van der Waals surface area contributed by atoms with Gasteiger partial charge in [0.05, 0.1) is 0 Å². The van der Waals surface area contributed by atoms with Crippen molar-refractivity contribution in [2.45, 2.75) is 32.2 Å². The molecule has 0 bridgehead atoms. The number of hydrogen-bond donors (Lipinski definition) is 0. The van der Waals surface area contributed by atoms with Gasteiger partial charge in [-0.15, -0.1) is 0 Å². The van der Waals surface area contributed by atoms with Gasteiger partial charge in [-0.2, -0.15) is 0 Å². The Kier molecular flexibility index (Phi) is 3.86. The molecule has 0 N–H and O–H groups in total. The Morgan fingerprint density at radius 1 is 1.60 bits per heavy atom. The van der Waals surface area contributed by atoms with Crippen molar-refractivity contribution in [2.24, 2.45) is 0 Å². The maximum Gasteiger partial charge on any atom is 0.216 e. The molecule has 0 rings (SSSR count). The Balaban J connectivity index is 3.75. The molecule has 3 nitrogen and oxygen atoms in total. The van der Waals surface area contributed by atoms with Crippen LogP contribution in [0.3, 0.4) is 0 Å². The van der Waals surface area contributed by atoms with Gasteiger partial charge in [-0.3, -0.25) is 10.1 Å². The van der Waals surface area contributed by atoms with E-state index in [1.54, 1.807) is 13.8 Å². The van der Waals surface area contributed by atoms with E-state index in [2.05, 4.69) is 15.9 Å². The summed E-state index contributed by atoms with van der Waals surface area (Å²) in [5, 5.41) is 11.2. The van der Waals surface area contributed by atoms with Crippen molar-refractivity contribution in [1.29, 1.82) is 0 Å². The molecule has 10 heavy (non-hydrogen) atoms. The van der Waals surface area contributed by atoms with Crippen molar-refractivity contribution in [3.63, 3.8) is 0 Å². The van der Waals surface area contributed by atoms with Gasteiger partial charge in [0, 0.05) is 30.5 Å². The quantitative estimate of drug-likeness (QED) is 0.405. The molecule has 0 aromatic carbocycles. The molecule has 0 aromatic rings. The Labute approximate surface area is 69.1 Å². The van der Waals surface area contributed by atoms with E-state index in [1.165, 1.54) is 0 Å². The van der Waals surface area contributed by atoms with Crippen molar-refractivity contribution >= 4 is 15.9 Å². The van der Waals surface area contributed by atoms with Crippen LogP contribution in [0.2, 0.25) is 0 Å². The number of nitrogens with zero attached hydrogens (tertiary/aromatic N) is 1. The highest BCUT2D eigenvalue weighted by Gasteiger charge is 2.29. The molecule has 60 valence electrons. The first-order chi connectivity index (χ1) is 4.50. The van der Waals surface area contributed by atoms with E-state index in [1.807, 2.05) is 0 Å². The summed E-state index contributed by atoms with van der Waals surface area (Å²) in [7, 11) is 0. The minimum absolute atomic E-state index is 0.227. The van der Waals surface area contributed by atoms with Crippen LogP contribution in [0.4, 0.5) is 0 Å². The van der Waals surface area contributed by atoms with Crippen LogP contribution in [0, 0.1) is 10.1 Å². The fraction of sp³-hybridized carbons (Fsp3) is 1.00. The maximum absolute atomic E-state index is 10.3. The second-order valence-corrected chi connectivity index (χ2v) is 3.66. The molecule has 0 radical (unpaired) electrons. The minimum atomic E-state index is -0.756. The molecule has 0 fully saturated rings. The van der Waals surface area contributed by atoms with E-state index < -0.39 is 5.54 Å². The molecule has 0 unspecified atom stereocenters. The summed E-state index contributed by atoms with van der Waals surface area (Å²) in [6, 6.07) is 0. The predicted molar refractivity (Wildman–Crippen MR) is 44.1 cm³/mol. The van der Waals surface area contributed by atoms with E-state index in [0.29, 0.717) is 6.42 Å². The maximum atomic E-state index is 10.3. The van der Waals surface area contributed by atoms with Gasteiger partial charge in [-0.1, -0.05) is 15.9 Å². The molecule has 0 heterocycles. The minimum Gasteiger partial charge on any atom is -0.264 e. The number of hydrogen-bond acceptors (Lipinski definition) is 2. The fourth-order valence-electron chi connectivity index (χ4n) is 0.591. The van der Waals surface area contributed by atoms with Crippen LogP contribution in [0.15, 0.2) is 0 Å². The molecular formula is C6H12BrNO2. The van der Waals surface area contributed by atoms with Crippen molar-refractivity contribution in [3.8, 4) is 0 Å². The molecule has 0 aromatic heterocycles. The van der Waals surface area contributed by atoms with Gasteiger partial charge in [-0.05, 0) is 6.42 Å². The Hall–Kier alpha value is -0.120. The summed E-state index contributed by atoms with van der Waals surface area (Å²) < 4.78 is 0. The monoisotopic (exact) mass is 209 g/mol. The van der Waals surface area contributed by atoms with Gasteiger partial charge < -0.3 is 0 Å². The van der Waals surface area contributed by atoms with E-state index in [-0.39, 0.29) is 4.92 Å². The van der Waals surface area contributed by atoms with Crippen LogP contribution < -0.4 is 0 Å². The second kappa shape index (κ2) is 3.91. The molecule has 0 aliphatic rings. The lowest BCUT2D eigenvalue weighted by Crippen LogP contribution is -2.30. The summed E-state index contributed by atoms with van der Waals surface area (Å²) in [4.78, 5) is 10.1. The molecule has 0 atom stereocenters. The van der Waals surface area contributed by atoms with Crippen LogP contribution in [-0.2, 0) is 0 Å². The number of halogens is 1. The van der Waals surface area contributed by atoms with Crippen molar-refractivity contribution < 1.29 is 4.92 Å². The van der Waals surface area contributed by atoms with Gasteiger partial charge >= 0.3 is 0 Å². The molecular weight excluding hydrogens is 198 g/mol. The summed E-state index contributed by atoms with van der Waals surface area (Å²) in [5.41, 5.74) is -0.756. The van der Waals surface area contributed by atoms with E-state index in [0.717, 1.165) is 11.8 Å². The Morgan fingerprint density at radius 3 is 2.40 bits per heavy atom. The Morgan fingerprint density at radius 2 is 2.10 bits per heavy atom. The van der Waals surface area contributed by atoms with Crippen LogP contribution in [0.5, 0.6) is 0 Å². The SMILES string of the molecule is CC(C)(CCCBr)[N+](=O)[O-]. The zero-order valence-electron chi connectivity index (χ0n) is 6.26. The van der Waals surface area contributed by atoms with Gasteiger partial charge in [0.1, 0.15) is 0 Å². The van der Waals surface area contributed by atoms with E-state index in [9.17, 15) is 10.1 Å². The summed E-state index contributed by atoms with van der Waals surface area (Å²) >= 11 is 3.23. The zero-order valence-corrected chi connectivity index (χ0v) is 7.85. The lowest BCUT2D eigenvalue weighted by atomic mass is 10.0. The number of nitro groups is 1. The largest absolute Gasteiger partial charge is 0.264 e. The van der Waals surface area contributed by atoms with Crippen LogP contribution in [0.25, 0.3) is 0 Å². The summed E-state index contributed by atoms with van der Waals surface area (Å²) in [5.74, 6) is 0. The standard InChI is InChI=1S/C6H12BrNO2/c1-6(2,8(9)10)4-3-5-7/h3-5H2,1-2H3. The summed E-state index contributed by atoms with van der Waals surface area (Å²) in [6.45, 7) is 3.30. The lowest BCUT2D eigenvalue weighted by molar-refractivity contribution is -0.561. The third-order valence-corrected chi connectivity index (χ3v) is 1.98. The molecule has 0 amide bonds. The first kappa shape index (κ1) is 9.88. The molecule has 0 saturated carbocycles. The second-order valence-electron chi connectivity index (χ2n) is 2.86. The molecule has 4 heteroatoms. The third-order valence-electron chi connectivity index (χ3n) is 1.42. The highest BCUT2D eigenvalue weighted by molar-refractivity contribution is 9.09. The normalized spacial score (nSPS) is 11.5. The molecule has 0 saturated heterocycles. The van der Waals surface area contributed by atoms with Gasteiger partial charge in [0.2, 0.25) is 5.54 Å². The van der Waals surface area contributed by atoms with E-state index in [4.69, 9.17) is 0 Å². The first-order valence-electron chi connectivity index (χ1n) is 3.21. The van der Waals surface area contributed by atoms with Crippen molar-refractivity contribution in [2.75, 3.05) is 5.33 Å². The van der Waals surface area contributed by atoms with Crippen LogP contribution in [0.1, 0.15) is 26.7 Å². The molecule has 0 spiro atoms. The fourth-order valence-corrected chi connectivity index (χ4v) is 0.871. The Bertz CT molecular complexity index is 125. The smallest absolute Gasteiger partial charge is 0.216 e. The zero-order chi connectivity index (χ0) is 8.20. The molecule has 0 aliphatic carbocycles. The lowest BCUT2D eigenvalue weighted by Gasteiger charge is -2.13. The number of alkyl halides is 1. The predicted octanol–water partition coefficient (Wildman–Crippen LogP) is 2.22. The highest BCUT2D eigenvalue weighted by atomic mass is 79.9. The average Bonchev–Trinajstić information content (AvgIpc) is 1.84. The number of rotatable bonds is 4. The van der Waals surface area contributed by atoms with Gasteiger partial charge in [-0.25, -0.2) is 0 Å². The van der Waals surface area contributed by atoms with E-state index >= 15 is 0 Å². The van der Waals surface area contributed by atoms with Crippen molar-refractivity contribution in [1.82, 2.24) is 0 Å². The molecule has 0 aliphatic heterocycles. The average molecular weight is 210 g/mol. The highest BCUT2D eigenvalue weighted by Crippen LogP contribution is 2.15. The summed E-state index contributed by atoms with van der Waals surface area (Å²) in [6.07, 6.45) is 1.49.